The largest absolute Gasteiger partial charge is 0.467 e. The van der Waals surface area contributed by atoms with Gasteiger partial charge in [0, 0.05) is 12.0 Å². The summed E-state index contributed by atoms with van der Waals surface area (Å²) >= 11 is 0. The average Bonchev–Trinajstić information content (AvgIpc) is 2.66. The van der Waals surface area contributed by atoms with Crippen LogP contribution >= 0.6 is 0 Å². The van der Waals surface area contributed by atoms with Crippen molar-refractivity contribution in [1.82, 2.24) is 5.32 Å². The Balaban J connectivity index is 2.18. The molecule has 0 aliphatic rings. The van der Waals surface area contributed by atoms with Gasteiger partial charge in [0.15, 0.2) is 0 Å². The molecule has 0 aromatic heterocycles. The van der Waals surface area contributed by atoms with E-state index < -0.39 is 29.7 Å². The molecular formula is C19H18FNO5. The first-order valence-electron chi connectivity index (χ1n) is 7.76. The molecule has 0 aliphatic heterocycles. The van der Waals surface area contributed by atoms with E-state index in [1.165, 1.54) is 56.7 Å². The van der Waals surface area contributed by atoms with Crippen LogP contribution < -0.4 is 5.32 Å². The molecule has 0 bridgehead atoms. The zero-order valence-corrected chi connectivity index (χ0v) is 14.3. The van der Waals surface area contributed by atoms with E-state index in [0.717, 1.165) is 0 Å². The number of carbonyl (C=O) groups excluding carboxylic acids is 3. The van der Waals surface area contributed by atoms with Gasteiger partial charge in [-0.3, -0.25) is 4.79 Å². The quantitative estimate of drug-likeness (QED) is 0.799. The third kappa shape index (κ3) is 4.89. The highest BCUT2D eigenvalue weighted by atomic mass is 19.1. The van der Waals surface area contributed by atoms with E-state index in [4.69, 9.17) is 4.74 Å². The molecule has 6 nitrogen and oxygen atoms in total. The minimum absolute atomic E-state index is 0.0624. The van der Waals surface area contributed by atoms with Crippen molar-refractivity contribution in [2.24, 2.45) is 0 Å². The predicted molar refractivity (Wildman–Crippen MR) is 91.2 cm³/mol. The zero-order valence-electron chi connectivity index (χ0n) is 14.3. The molecule has 7 heteroatoms. The maximum Gasteiger partial charge on any atom is 0.337 e. The Labute approximate surface area is 149 Å². The fraction of sp³-hybridized carbons (Fsp3) is 0.211. The van der Waals surface area contributed by atoms with E-state index in [9.17, 15) is 18.8 Å². The number of rotatable bonds is 6. The summed E-state index contributed by atoms with van der Waals surface area (Å²) in [4.78, 5) is 36.0. The Bertz CT molecular complexity index is 821. The molecule has 1 atom stereocenters. The molecule has 2 aromatic carbocycles. The molecule has 2 rings (SSSR count). The summed E-state index contributed by atoms with van der Waals surface area (Å²) in [5.74, 6) is -2.25. The summed E-state index contributed by atoms with van der Waals surface area (Å²) < 4.78 is 22.7. The number of benzene rings is 2. The number of halogens is 1. The summed E-state index contributed by atoms with van der Waals surface area (Å²) in [6.07, 6.45) is 0.0624. The normalized spacial score (nSPS) is 11.3. The summed E-state index contributed by atoms with van der Waals surface area (Å²) in [5, 5.41) is 2.55. The van der Waals surface area contributed by atoms with Crippen LogP contribution in [0.3, 0.4) is 0 Å². The average molecular weight is 359 g/mol. The highest BCUT2D eigenvalue weighted by molar-refractivity contribution is 5.99. The van der Waals surface area contributed by atoms with Crippen LogP contribution in [0.1, 0.15) is 26.3 Å². The number of ether oxygens (including phenoxy) is 2. The monoisotopic (exact) mass is 359 g/mol. The van der Waals surface area contributed by atoms with Gasteiger partial charge in [0.1, 0.15) is 11.9 Å². The van der Waals surface area contributed by atoms with Crippen LogP contribution in [-0.4, -0.2) is 38.1 Å². The lowest BCUT2D eigenvalue weighted by molar-refractivity contribution is -0.142. The lowest BCUT2D eigenvalue weighted by Crippen LogP contribution is -2.43. The van der Waals surface area contributed by atoms with Gasteiger partial charge in [-0.05, 0) is 35.9 Å². The van der Waals surface area contributed by atoms with E-state index in [2.05, 4.69) is 10.1 Å². The van der Waals surface area contributed by atoms with Gasteiger partial charge >= 0.3 is 11.9 Å². The van der Waals surface area contributed by atoms with Gasteiger partial charge in [0.25, 0.3) is 5.91 Å². The summed E-state index contributed by atoms with van der Waals surface area (Å²) in [6, 6.07) is 10.6. The molecule has 0 fully saturated rings. The second-order valence-electron chi connectivity index (χ2n) is 5.46. The second kappa shape index (κ2) is 8.75. The lowest BCUT2D eigenvalue weighted by atomic mass is 10.0. The number of carbonyl (C=O) groups is 3. The van der Waals surface area contributed by atoms with Crippen molar-refractivity contribution in [1.29, 1.82) is 0 Å². The first kappa shape index (κ1) is 19.1. The van der Waals surface area contributed by atoms with Crippen molar-refractivity contribution < 1.29 is 28.2 Å². The number of hydrogen-bond acceptors (Lipinski definition) is 5. The molecule has 0 saturated heterocycles. The van der Waals surface area contributed by atoms with Gasteiger partial charge in [-0.25, -0.2) is 14.0 Å². The fourth-order valence-corrected chi connectivity index (χ4v) is 2.38. The molecule has 26 heavy (non-hydrogen) atoms. The minimum Gasteiger partial charge on any atom is -0.467 e. The van der Waals surface area contributed by atoms with E-state index in [-0.39, 0.29) is 17.5 Å². The third-order valence-electron chi connectivity index (χ3n) is 3.67. The summed E-state index contributed by atoms with van der Waals surface area (Å²) in [5.41, 5.74) is 0.921. The number of esters is 2. The number of nitrogens with one attached hydrogen (secondary N) is 1. The van der Waals surface area contributed by atoms with Crippen molar-refractivity contribution in [2.75, 3.05) is 14.2 Å². The Hall–Kier alpha value is -3.22. The third-order valence-corrected chi connectivity index (χ3v) is 3.67. The molecule has 0 saturated carbocycles. The minimum atomic E-state index is -1.00. The molecule has 0 radical (unpaired) electrons. The van der Waals surface area contributed by atoms with E-state index in [0.29, 0.717) is 5.56 Å². The van der Waals surface area contributed by atoms with Gasteiger partial charge in [0.2, 0.25) is 0 Å². The number of amides is 1. The van der Waals surface area contributed by atoms with Crippen LogP contribution in [0.5, 0.6) is 0 Å². The van der Waals surface area contributed by atoms with Crippen LogP contribution in [-0.2, 0) is 20.7 Å². The molecule has 136 valence electrons. The smallest absolute Gasteiger partial charge is 0.337 e. The zero-order chi connectivity index (χ0) is 19.1. The fourth-order valence-electron chi connectivity index (χ4n) is 2.38. The summed E-state index contributed by atoms with van der Waals surface area (Å²) in [6.45, 7) is 0. The van der Waals surface area contributed by atoms with Gasteiger partial charge in [-0.2, -0.15) is 0 Å². The Morgan fingerprint density at radius 3 is 2.35 bits per heavy atom. The van der Waals surface area contributed by atoms with Gasteiger partial charge in [-0.15, -0.1) is 0 Å². The Morgan fingerprint density at radius 2 is 1.69 bits per heavy atom. The Kier molecular flexibility index (Phi) is 6.43. The molecular weight excluding hydrogens is 341 g/mol. The van der Waals surface area contributed by atoms with Crippen molar-refractivity contribution >= 4 is 17.8 Å². The van der Waals surface area contributed by atoms with Crippen LogP contribution in [0.2, 0.25) is 0 Å². The first-order valence-corrected chi connectivity index (χ1v) is 7.76. The second-order valence-corrected chi connectivity index (χ2v) is 5.46. The van der Waals surface area contributed by atoms with Crippen molar-refractivity contribution in [3.63, 3.8) is 0 Å². The van der Waals surface area contributed by atoms with E-state index in [1.54, 1.807) is 6.07 Å². The van der Waals surface area contributed by atoms with Crippen molar-refractivity contribution in [3.8, 4) is 0 Å². The van der Waals surface area contributed by atoms with Crippen LogP contribution in [0.25, 0.3) is 0 Å². The molecule has 1 amide bonds. The topological polar surface area (TPSA) is 81.7 Å². The number of methoxy groups -OCH3 is 2. The standard InChI is InChI=1S/C19H18FNO5/c1-25-18(23)14-7-4-6-13(11-14)17(22)21-16(19(24)26-2)10-12-5-3-8-15(20)9-12/h3-9,11,16H,10H2,1-2H3,(H,21,22)/t16-/m1/s1. The maximum absolute atomic E-state index is 13.3. The highest BCUT2D eigenvalue weighted by Crippen LogP contribution is 2.10. The highest BCUT2D eigenvalue weighted by Gasteiger charge is 2.23. The van der Waals surface area contributed by atoms with E-state index >= 15 is 0 Å². The first-order chi connectivity index (χ1) is 12.4. The van der Waals surface area contributed by atoms with Crippen molar-refractivity contribution in [3.05, 3.63) is 71.0 Å². The maximum atomic E-state index is 13.3. The van der Waals surface area contributed by atoms with Gasteiger partial charge in [-0.1, -0.05) is 18.2 Å². The Morgan fingerprint density at radius 1 is 1.00 bits per heavy atom. The van der Waals surface area contributed by atoms with E-state index in [1.807, 2.05) is 0 Å². The molecule has 0 unspecified atom stereocenters. The van der Waals surface area contributed by atoms with Crippen LogP contribution in [0.15, 0.2) is 48.5 Å². The van der Waals surface area contributed by atoms with Crippen LogP contribution in [0, 0.1) is 5.82 Å². The predicted octanol–water partition coefficient (Wildman–Crippen LogP) is 2.13. The summed E-state index contributed by atoms with van der Waals surface area (Å²) in [7, 11) is 2.44. The van der Waals surface area contributed by atoms with Gasteiger partial charge in [0.05, 0.1) is 19.8 Å². The molecule has 1 N–H and O–H groups in total. The molecule has 2 aromatic rings. The molecule has 0 heterocycles. The SMILES string of the molecule is COC(=O)c1cccc(C(=O)N[C@H](Cc2cccc(F)c2)C(=O)OC)c1. The van der Waals surface area contributed by atoms with Gasteiger partial charge < -0.3 is 14.8 Å². The van der Waals surface area contributed by atoms with Crippen molar-refractivity contribution in [2.45, 2.75) is 12.5 Å². The lowest BCUT2D eigenvalue weighted by Gasteiger charge is -2.17. The number of hydrogen-bond donors (Lipinski definition) is 1. The molecule has 0 aliphatic carbocycles. The van der Waals surface area contributed by atoms with Crippen LogP contribution in [0.4, 0.5) is 4.39 Å². The molecule has 0 spiro atoms.